The Morgan fingerprint density at radius 1 is 1.32 bits per heavy atom. The van der Waals surface area contributed by atoms with Crippen LogP contribution >= 0.6 is 0 Å². The summed E-state index contributed by atoms with van der Waals surface area (Å²) < 4.78 is 31.7. The third kappa shape index (κ3) is 6.73. The molecule has 0 amide bonds. The summed E-state index contributed by atoms with van der Waals surface area (Å²) in [5, 5.41) is 0. The molecule has 0 N–H and O–H groups in total. The molecule has 110 valence electrons. The third-order valence-electron chi connectivity index (χ3n) is 3.23. The Hall–Kier alpha value is -0.880. The molecule has 1 saturated carbocycles. The molecule has 0 aromatic rings. The first-order valence-corrected chi connectivity index (χ1v) is 8.43. The zero-order valence-electron chi connectivity index (χ0n) is 11.5. The highest BCUT2D eigenvalue weighted by Gasteiger charge is 2.24. The van der Waals surface area contributed by atoms with Gasteiger partial charge in [-0.05, 0) is 31.6 Å². The SMILES string of the molecule is CCOC(=O)/C=C/C1CCCCC1COS(C)(=O)=O. The summed E-state index contributed by atoms with van der Waals surface area (Å²) in [6.45, 7) is 2.31. The Balaban J connectivity index is 2.54. The molecule has 0 saturated heterocycles. The van der Waals surface area contributed by atoms with E-state index in [1.807, 2.05) is 6.08 Å². The van der Waals surface area contributed by atoms with Crippen LogP contribution in [-0.2, 0) is 23.8 Å². The molecule has 0 bridgehead atoms. The number of allylic oxidation sites excluding steroid dienone is 1. The van der Waals surface area contributed by atoms with Gasteiger partial charge in [0, 0.05) is 6.08 Å². The Morgan fingerprint density at radius 3 is 2.63 bits per heavy atom. The molecule has 0 aliphatic heterocycles. The van der Waals surface area contributed by atoms with Crippen molar-refractivity contribution in [3.63, 3.8) is 0 Å². The zero-order valence-corrected chi connectivity index (χ0v) is 12.3. The summed E-state index contributed by atoms with van der Waals surface area (Å²) in [5.41, 5.74) is 0. The maximum Gasteiger partial charge on any atom is 0.330 e. The van der Waals surface area contributed by atoms with Gasteiger partial charge in [0.15, 0.2) is 0 Å². The molecule has 2 unspecified atom stereocenters. The molecule has 1 rings (SSSR count). The molecule has 0 heterocycles. The largest absolute Gasteiger partial charge is 0.463 e. The van der Waals surface area contributed by atoms with E-state index >= 15 is 0 Å². The van der Waals surface area contributed by atoms with Gasteiger partial charge in [-0.2, -0.15) is 8.42 Å². The normalized spacial score (nSPS) is 24.5. The Kier molecular flexibility index (Phi) is 6.51. The minimum atomic E-state index is -3.40. The number of carbonyl (C=O) groups is 1. The van der Waals surface area contributed by atoms with E-state index in [4.69, 9.17) is 8.92 Å². The highest BCUT2D eigenvalue weighted by atomic mass is 32.2. The lowest BCUT2D eigenvalue weighted by Crippen LogP contribution is -2.24. The van der Waals surface area contributed by atoms with Crippen molar-refractivity contribution in [2.45, 2.75) is 32.6 Å². The van der Waals surface area contributed by atoms with E-state index in [2.05, 4.69) is 0 Å². The van der Waals surface area contributed by atoms with Gasteiger partial charge in [-0.1, -0.05) is 18.9 Å². The number of ether oxygens (including phenoxy) is 1. The summed E-state index contributed by atoms with van der Waals surface area (Å²) in [4.78, 5) is 11.3. The van der Waals surface area contributed by atoms with Gasteiger partial charge in [-0.15, -0.1) is 0 Å². The smallest absolute Gasteiger partial charge is 0.330 e. The quantitative estimate of drug-likeness (QED) is 0.424. The molecule has 1 fully saturated rings. The van der Waals surface area contributed by atoms with Crippen molar-refractivity contribution in [1.29, 1.82) is 0 Å². The van der Waals surface area contributed by atoms with Crippen molar-refractivity contribution in [3.8, 4) is 0 Å². The van der Waals surface area contributed by atoms with Gasteiger partial charge in [0.2, 0.25) is 0 Å². The van der Waals surface area contributed by atoms with Gasteiger partial charge >= 0.3 is 5.97 Å². The summed E-state index contributed by atoms with van der Waals surface area (Å²) >= 11 is 0. The van der Waals surface area contributed by atoms with Crippen LogP contribution in [0.2, 0.25) is 0 Å². The molecule has 0 aromatic carbocycles. The number of hydrogen-bond acceptors (Lipinski definition) is 5. The lowest BCUT2D eigenvalue weighted by Gasteiger charge is -2.28. The highest BCUT2D eigenvalue weighted by molar-refractivity contribution is 7.85. The summed E-state index contributed by atoms with van der Waals surface area (Å²) in [7, 11) is -3.40. The minimum Gasteiger partial charge on any atom is -0.463 e. The second-order valence-corrected chi connectivity index (χ2v) is 6.45. The van der Waals surface area contributed by atoms with Crippen LogP contribution in [0, 0.1) is 11.8 Å². The third-order valence-corrected chi connectivity index (χ3v) is 3.79. The summed E-state index contributed by atoms with van der Waals surface area (Å²) in [6, 6.07) is 0. The molecule has 5 nitrogen and oxygen atoms in total. The predicted molar refractivity (Wildman–Crippen MR) is 72.0 cm³/mol. The molecule has 0 spiro atoms. The molecule has 2 atom stereocenters. The van der Waals surface area contributed by atoms with E-state index < -0.39 is 10.1 Å². The van der Waals surface area contributed by atoms with E-state index in [0.717, 1.165) is 31.9 Å². The van der Waals surface area contributed by atoms with Gasteiger partial charge in [0.05, 0.1) is 19.5 Å². The van der Waals surface area contributed by atoms with E-state index in [0.29, 0.717) is 6.61 Å². The van der Waals surface area contributed by atoms with Crippen molar-refractivity contribution >= 4 is 16.1 Å². The van der Waals surface area contributed by atoms with E-state index in [9.17, 15) is 13.2 Å². The molecular weight excluding hydrogens is 268 g/mol. The van der Waals surface area contributed by atoms with Gasteiger partial charge in [-0.25, -0.2) is 4.79 Å². The molecule has 6 heteroatoms. The van der Waals surface area contributed by atoms with Crippen LogP contribution in [0.1, 0.15) is 32.6 Å². The average Bonchev–Trinajstić information content (AvgIpc) is 2.34. The van der Waals surface area contributed by atoms with Crippen LogP contribution < -0.4 is 0 Å². The fourth-order valence-electron chi connectivity index (χ4n) is 2.30. The van der Waals surface area contributed by atoms with Crippen LogP contribution in [0.3, 0.4) is 0 Å². The predicted octanol–water partition coefficient (Wildman–Crippen LogP) is 1.89. The van der Waals surface area contributed by atoms with Crippen molar-refractivity contribution in [2.75, 3.05) is 19.5 Å². The van der Waals surface area contributed by atoms with Crippen molar-refractivity contribution in [2.24, 2.45) is 11.8 Å². The number of hydrogen-bond donors (Lipinski definition) is 0. The van der Waals surface area contributed by atoms with Crippen molar-refractivity contribution < 1.29 is 22.1 Å². The summed E-state index contributed by atoms with van der Waals surface area (Å²) in [5.74, 6) is -0.0232. The van der Waals surface area contributed by atoms with Crippen molar-refractivity contribution in [3.05, 3.63) is 12.2 Å². The maximum atomic E-state index is 11.3. The van der Waals surface area contributed by atoms with Crippen LogP contribution in [0.15, 0.2) is 12.2 Å². The number of esters is 1. The lowest BCUT2D eigenvalue weighted by atomic mass is 9.79. The topological polar surface area (TPSA) is 69.7 Å². The van der Waals surface area contributed by atoms with Gasteiger partial charge < -0.3 is 4.74 Å². The van der Waals surface area contributed by atoms with E-state index in [-0.39, 0.29) is 24.4 Å². The standard InChI is InChI=1S/C13H22O5S/c1-3-17-13(14)9-8-11-6-4-5-7-12(11)10-18-19(2,15)16/h8-9,11-12H,3-7,10H2,1-2H3/b9-8+. The van der Waals surface area contributed by atoms with Gasteiger partial charge in [0.25, 0.3) is 10.1 Å². The summed E-state index contributed by atoms with van der Waals surface area (Å²) in [6.07, 6.45) is 8.36. The minimum absolute atomic E-state index is 0.147. The first kappa shape index (κ1) is 16.2. The molecule has 0 radical (unpaired) electrons. The second-order valence-electron chi connectivity index (χ2n) is 4.81. The lowest BCUT2D eigenvalue weighted by molar-refractivity contribution is -0.137. The fraction of sp³-hybridized carbons (Fsp3) is 0.769. The van der Waals surface area contributed by atoms with Crippen LogP contribution in [0.4, 0.5) is 0 Å². The molecule has 0 aromatic heterocycles. The Labute approximate surface area is 115 Å². The molecule has 19 heavy (non-hydrogen) atoms. The van der Waals surface area contributed by atoms with Crippen LogP contribution in [-0.4, -0.2) is 33.9 Å². The Bertz CT molecular complexity index is 413. The molecular formula is C13H22O5S. The first-order chi connectivity index (χ1) is 8.92. The van der Waals surface area contributed by atoms with Gasteiger partial charge in [-0.3, -0.25) is 4.18 Å². The second kappa shape index (κ2) is 7.65. The fourth-order valence-corrected chi connectivity index (χ4v) is 2.72. The zero-order chi connectivity index (χ0) is 14.3. The monoisotopic (exact) mass is 290 g/mol. The average molecular weight is 290 g/mol. The van der Waals surface area contributed by atoms with Crippen LogP contribution in [0.5, 0.6) is 0 Å². The van der Waals surface area contributed by atoms with Crippen molar-refractivity contribution in [1.82, 2.24) is 0 Å². The number of carbonyl (C=O) groups excluding carboxylic acids is 1. The molecule has 1 aliphatic carbocycles. The first-order valence-electron chi connectivity index (χ1n) is 6.61. The van der Waals surface area contributed by atoms with Gasteiger partial charge in [0.1, 0.15) is 0 Å². The number of rotatable bonds is 6. The van der Waals surface area contributed by atoms with E-state index in [1.54, 1.807) is 6.92 Å². The Morgan fingerprint density at radius 2 is 2.00 bits per heavy atom. The maximum absolute atomic E-state index is 11.3. The van der Waals surface area contributed by atoms with E-state index in [1.165, 1.54) is 6.08 Å². The molecule has 1 aliphatic rings. The highest BCUT2D eigenvalue weighted by Crippen LogP contribution is 2.31. The van der Waals surface area contributed by atoms with Crippen LogP contribution in [0.25, 0.3) is 0 Å².